The minimum absolute atomic E-state index is 0.145. The number of aromatic amines is 1. The molecule has 0 saturated carbocycles. The number of thioether (sulfide) groups is 1. The van der Waals surface area contributed by atoms with Crippen LogP contribution in [-0.4, -0.2) is 27.1 Å². The molecule has 0 aliphatic carbocycles. The smallest absolute Gasteiger partial charge is 0.343 e. The summed E-state index contributed by atoms with van der Waals surface area (Å²) >= 11 is 1.53. The summed E-state index contributed by atoms with van der Waals surface area (Å²) in [5, 5.41) is 7.23. The van der Waals surface area contributed by atoms with Gasteiger partial charge in [0.05, 0.1) is 6.61 Å². The zero-order valence-electron chi connectivity index (χ0n) is 11.8. The summed E-state index contributed by atoms with van der Waals surface area (Å²) in [6, 6.07) is 7.97. The lowest BCUT2D eigenvalue weighted by atomic mass is 10.2. The number of rotatable bonds is 7. The summed E-state index contributed by atoms with van der Waals surface area (Å²) < 4.78 is 7.31. The van der Waals surface area contributed by atoms with Gasteiger partial charge in [0.2, 0.25) is 0 Å². The molecule has 0 amide bonds. The fourth-order valence-electron chi connectivity index (χ4n) is 1.76. The van der Waals surface area contributed by atoms with Crippen molar-refractivity contribution in [3.8, 4) is 5.75 Å². The van der Waals surface area contributed by atoms with E-state index in [9.17, 15) is 4.79 Å². The van der Waals surface area contributed by atoms with Gasteiger partial charge in [-0.15, -0.1) is 5.10 Å². The van der Waals surface area contributed by atoms with Crippen LogP contribution in [0.3, 0.4) is 0 Å². The number of ether oxygens (including phenoxy) is 1. The van der Waals surface area contributed by atoms with Crippen LogP contribution in [0.15, 0.2) is 34.2 Å². The standard InChI is InChI=1S/C14H19N3O2S/c1-3-8-17-13(18)15-16-14(17)20-10-9-19-12-6-4-11(2)5-7-12/h4-7H,3,8-10H2,1-2H3,(H,15,18). The second kappa shape index (κ2) is 7.19. The molecule has 0 radical (unpaired) electrons. The lowest BCUT2D eigenvalue weighted by molar-refractivity contribution is 0.343. The molecule has 0 aliphatic rings. The van der Waals surface area contributed by atoms with Crippen molar-refractivity contribution in [1.82, 2.24) is 14.8 Å². The fraction of sp³-hybridized carbons (Fsp3) is 0.429. The largest absolute Gasteiger partial charge is 0.493 e. The van der Waals surface area contributed by atoms with E-state index in [1.54, 1.807) is 4.57 Å². The van der Waals surface area contributed by atoms with Gasteiger partial charge in [-0.1, -0.05) is 36.4 Å². The number of H-pyrrole nitrogens is 1. The maximum atomic E-state index is 11.5. The lowest BCUT2D eigenvalue weighted by Gasteiger charge is -2.06. The minimum atomic E-state index is -0.145. The number of aryl methyl sites for hydroxylation is 1. The summed E-state index contributed by atoms with van der Waals surface area (Å²) in [5.41, 5.74) is 1.07. The average Bonchev–Trinajstić information content (AvgIpc) is 2.79. The van der Waals surface area contributed by atoms with Gasteiger partial charge in [-0.05, 0) is 25.5 Å². The minimum Gasteiger partial charge on any atom is -0.493 e. The van der Waals surface area contributed by atoms with E-state index in [0.717, 1.165) is 23.1 Å². The summed E-state index contributed by atoms with van der Waals surface area (Å²) in [4.78, 5) is 11.5. The van der Waals surface area contributed by atoms with Crippen molar-refractivity contribution in [2.24, 2.45) is 0 Å². The van der Waals surface area contributed by atoms with Gasteiger partial charge < -0.3 is 4.74 Å². The average molecular weight is 293 g/mol. The first kappa shape index (κ1) is 14.7. The summed E-state index contributed by atoms with van der Waals surface area (Å²) in [6.45, 7) is 5.36. The third-order valence-corrected chi connectivity index (χ3v) is 3.72. The van der Waals surface area contributed by atoms with E-state index in [4.69, 9.17) is 4.74 Å². The van der Waals surface area contributed by atoms with Gasteiger partial charge in [0.1, 0.15) is 5.75 Å². The van der Waals surface area contributed by atoms with Crippen molar-refractivity contribution in [2.45, 2.75) is 32.0 Å². The molecule has 0 saturated heterocycles. The molecule has 1 N–H and O–H groups in total. The Morgan fingerprint density at radius 2 is 2.10 bits per heavy atom. The summed E-state index contributed by atoms with van der Waals surface area (Å²) in [7, 11) is 0. The van der Waals surface area contributed by atoms with Crippen molar-refractivity contribution in [3.05, 3.63) is 40.3 Å². The number of hydrogen-bond donors (Lipinski definition) is 1. The molecule has 0 aliphatic heterocycles. The van der Waals surface area contributed by atoms with Gasteiger partial charge in [0, 0.05) is 12.3 Å². The van der Waals surface area contributed by atoms with Crippen LogP contribution >= 0.6 is 11.8 Å². The monoisotopic (exact) mass is 293 g/mol. The Morgan fingerprint density at radius 1 is 1.35 bits per heavy atom. The third-order valence-electron chi connectivity index (χ3n) is 2.77. The normalized spacial score (nSPS) is 10.7. The number of hydrogen-bond acceptors (Lipinski definition) is 4. The molecular weight excluding hydrogens is 274 g/mol. The Hall–Kier alpha value is -1.69. The SMILES string of the molecule is CCCn1c(SCCOc2ccc(C)cc2)n[nH]c1=O. The molecule has 0 bridgehead atoms. The highest BCUT2D eigenvalue weighted by molar-refractivity contribution is 7.99. The number of aromatic nitrogens is 3. The zero-order chi connectivity index (χ0) is 14.4. The Balaban J connectivity index is 1.81. The van der Waals surface area contributed by atoms with Crippen LogP contribution in [0.25, 0.3) is 0 Å². The first-order chi connectivity index (χ1) is 9.70. The van der Waals surface area contributed by atoms with Gasteiger partial charge in [-0.2, -0.15) is 0 Å². The quantitative estimate of drug-likeness (QED) is 0.629. The molecule has 0 unspecified atom stereocenters. The first-order valence-electron chi connectivity index (χ1n) is 6.68. The zero-order valence-corrected chi connectivity index (χ0v) is 12.6. The van der Waals surface area contributed by atoms with Gasteiger partial charge in [0.15, 0.2) is 5.16 Å². The Labute approximate surface area is 122 Å². The molecule has 2 aromatic rings. The van der Waals surface area contributed by atoms with Crippen LogP contribution in [0.1, 0.15) is 18.9 Å². The molecule has 1 heterocycles. The van der Waals surface area contributed by atoms with Crippen LogP contribution in [0, 0.1) is 6.92 Å². The Morgan fingerprint density at radius 3 is 2.80 bits per heavy atom. The summed E-state index contributed by atoms with van der Waals surface area (Å²) in [5.74, 6) is 1.62. The Bertz CT molecular complexity index is 589. The molecule has 108 valence electrons. The molecule has 5 nitrogen and oxygen atoms in total. The predicted molar refractivity (Wildman–Crippen MR) is 80.5 cm³/mol. The van der Waals surface area contributed by atoms with Gasteiger partial charge in [-0.25, -0.2) is 9.89 Å². The highest BCUT2D eigenvalue weighted by Crippen LogP contribution is 2.15. The molecule has 0 fully saturated rings. The summed E-state index contributed by atoms with van der Waals surface area (Å²) in [6.07, 6.45) is 0.910. The molecule has 1 aromatic carbocycles. The predicted octanol–water partition coefficient (Wildman–Crippen LogP) is 2.46. The van der Waals surface area contributed by atoms with Crippen LogP contribution in [0.4, 0.5) is 0 Å². The maximum Gasteiger partial charge on any atom is 0.343 e. The van der Waals surface area contributed by atoms with Crippen molar-refractivity contribution < 1.29 is 4.74 Å². The maximum absolute atomic E-state index is 11.5. The highest BCUT2D eigenvalue weighted by atomic mass is 32.2. The molecule has 0 atom stereocenters. The third kappa shape index (κ3) is 3.90. The Kier molecular flexibility index (Phi) is 5.29. The van der Waals surface area contributed by atoms with Crippen molar-refractivity contribution in [1.29, 1.82) is 0 Å². The van der Waals surface area contributed by atoms with E-state index >= 15 is 0 Å². The van der Waals surface area contributed by atoms with E-state index in [1.807, 2.05) is 38.1 Å². The van der Waals surface area contributed by atoms with Gasteiger partial charge in [0.25, 0.3) is 0 Å². The molecular formula is C14H19N3O2S. The number of benzene rings is 1. The van der Waals surface area contributed by atoms with E-state index < -0.39 is 0 Å². The van der Waals surface area contributed by atoms with Gasteiger partial charge >= 0.3 is 5.69 Å². The lowest BCUT2D eigenvalue weighted by Crippen LogP contribution is -2.17. The second-order valence-corrected chi connectivity index (χ2v) is 5.54. The van der Waals surface area contributed by atoms with Gasteiger partial charge in [-0.3, -0.25) is 4.57 Å². The second-order valence-electron chi connectivity index (χ2n) is 4.47. The van der Waals surface area contributed by atoms with E-state index in [2.05, 4.69) is 10.2 Å². The highest BCUT2D eigenvalue weighted by Gasteiger charge is 2.07. The topological polar surface area (TPSA) is 59.9 Å². The van der Waals surface area contributed by atoms with E-state index in [1.165, 1.54) is 17.3 Å². The fourth-order valence-corrected chi connectivity index (χ4v) is 2.55. The van der Waals surface area contributed by atoms with Crippen LogP contribution < -0.4 is 10.4 Å². The first-order valence-corrected chi connectivity index (χ1v) is 7.66. The van der Waals surface area contributed by atoms with Crippen LogP contribution in [-0.2, 0) is 6.54 Å². The van der Waals surface area contributed by atoms with E-state index in [-0.39, 0.29) is 5.69 Å². The molecule has 6 heteroatoms. The van der Waals surface area contributed by atoms with Crippen molar-refractivity contribution in [2.75, 3.05) is 12.4 Å². The van der Waals surface area contributed by atoms with Crippen molar-refractivity contribution in [3.63, 3.8) is 0 Å². The number of nitrogens with zero attached hydrogens (tertiary/aromatic N) is 2. The van der Waals surface area contributed by atoms with Crippen LogP contribution in [0.2, 0.25) is 0 Å². The molecule has 2 rings (SSSR count). The van der Waals surface area contributed by atoms with Crippen LogP contribution in [0.5, 0.6) is 5.75 Å². The number of nitrogens with one attached hydrogen (secondary N) is 1. The molecule has 1 aromatic heterocycles. The molecule has 0 spiro atoms. The van der Waals surface area contributed by atoms with Crippen molar-refractivity contribution >= 4 is 11.8 Å². The van der Waals surface area contributed by atoms with E-state index in [0.29, 0.717) is 13.2 Å². The molecule has 20 heavy (non-hydrogen) atoms.